The minimum Gasteiger partial charge on any atom is -0.344 e. The summed E-state index contributed by atoms with van der Waals surface area (Å²) in [7, 11) is 0. The highest BCUT2D eigenvalue weighted by molar-refractivity contribution is 6.35. The molecule has 4 heteroatoms. The Morgan fingerprint density at radius 1 is 1.17 bits per heavy atom. The van der Waals surface area contributed by atoms with Crippen LogP contribution < -0.4 is 5.32 Å². The second-order valence-corrected chi connectivity index (χ2v) is 8.32. The van der Waals surface area contributed by atoms with Gasteiger partial charge < -0.3 is 10.2 Å². The highest BCUT2D eigenvalue weighted by atomic mass is 16.2. The number of hydrogen-bond donors (Lipinski definition) is 1. The number of likely N-dealkylation sites (tertiary alicyclic amines) is 1. The lowest BCUT2D eigenvalue weighted by Crippen LogP contribution is -2.45. The van der Waals surface area contributed by atoms with Crippen LogP contribution in [0.4, 0.5) is 0 Å². The average Bonchev–Trinajstić information content (AvgIpc) is 2.74. The number of rotatable bonds is 2. The number of nitrogens with zero attached hydrogens (tertiary/aromatic N) is 1. The van der Waals surface area contributed by atoms with Gasteiger partial charge in [0.2, 0.25) is 0 Å². The van der Waals surface area contributed by atoms with Crippen LogP contribution in [0.15, 0.2) is 30.3 Å². The number of benzene rings is 1. The number of carbonyl (C=O) groups is 2. The molecule has 1 aliphatic carbocycles. The summed E-state index contributed by atoms with van der Waals surface area (Å²) in [6.45, 7) is 7.88. The average molecular weight is 314 g/mol. The highest BCUT2D eigenvalue weighted by Crippen LogP contribution is 2.52. The van der Waals surface area contributed by atoms with Gasteiger partial charge in [0.05, 0.1) is 0 Å². The minimum absolute atomic E-state index is 0.155. The van der Waals surface area contributed by atoms with Gasteiger partial charge in [-0.1, -0.05) is 51.1 Å². The van der Waals surface area contributed by atoms with Gasteiger partial charge in [-0.25, -0.2) is 0 Å². The molecule has 1 N–H and O–H groups in total. The number of nitrogens with one attached hydrogen (secondary N) is 1. The van der Waals surface area contributed by atoms with E-state index in [4.69, 9.17) is 0 Å². The van der Waals surface area contributed by atoms with E-state index in [1.54, 1.807) is 0 Å². The molecule has 2 unspecified atom stereocenters. The first kappa shape index (κ1) is 16.0. The fourth-order valence-electron chi connectivity index (χ4n) is 4.68. The van der Waals surface area contributed by atoms with Gasteiger partial charge in [-0.2, -0.15) is 0 Å². The van der Waals surface area contributed by atoms with E-state index in [9.17, 15) is 9.59 Å². The Hall–Kier alpha value is -1.84. The second-order valence-electron chi connectivity index (χ2n) is 8.32. The van der Waals surface area contributed by atoms with Crippen molar-refractivity contribution in [2.45, 2.75) is 52.6 Å². The highest BCUT2D eigenvalue weighted by Gasteiger charge is 2.51. The molecule has 0 spiro atoms. The fraction of sp³-hybridized carbons (Fsp3) is 0.579. The van der Waals surface area contributed by atoms with Crippen LogP contribution in [0.5, 0.6) is 0 Å². The maximum atomic E-state index is 12.6. The molecular weight excluding hydrogens is 288 g/mol. The van der Waals surface area contributed by atoms with Crippen LogP contribution in [0.2, 0.25) is 0 Å². The van der Waals surface area contributed by atoms with Crippen molar-refractivity contribution >= 4 is 11.8 Å². The van der Waals surface area contributed by atoms with Crippen LogP contribution >= 0.6 is 0 Å². The first-order valence-electron chi connectivity index (χ1n) is 8.41. The predicted octanol–water partition coefficient (Wildman–Crippen LogP) is 2.73. The van der Waals surface area contributed by atoms with Crippen LogP contribution in [0, 0.1) is 10.8 Å². The molecule has 1 heterocycles. The molecule has 2 bridgehead atoms. The van der Waals surface area contributed by atoms with Gasteiger partial charge in [-0.05, 0) is 35.7 Å². The zero-order chi connectivity index (χ0) is 16.7. The van der Waals surface area contributed by atoms with E-state index >= 15 is 0 Å². The van der Waals surface area contributed by atoms with Gasteiger partial charge in [0.1, 0.15) is 0 Å². The molecule has 0 aromatic heterocycles. The van der Waals surface area contributed by atoms with Crippen molar-refractivity contribution in [1.29, 1.82) is 0 Å². The zero-order valence-electron chi connectivity index (χ0n) is 14.3. The van der Waals surface area contributed by atoms with E-state index in [-0.39, 0.29) is 22.8 Å². The van der Waals surface area contributed by atoms with Crippen LogP contribution in [-0.4, -0.2) is 29.3 Å². The smallest absolute Gasteiger partial charge is 0.312 e. The topological polar surface area (TPSA) is 49.4 Å². The minimum atomic E-state index is -0.484. The predicted molar refractivity (Wildman–Crippen MR) is 89.5 cm³/mol. The summed E-state index contributed by atoms with van der Waals surface area (Å²) >= 11 is 0. The summed E-state index contributed by atoms with van der Waals surface area (Å²) in [5.41, 5.74) is 1.40. The summed E-state index contributed by atoms with van der Waals surface area (Å²) in [5, 5.41) is 2.76. The maximum Gasteiger partial charge on any atom is 0.312 e. The van der Waals surface area contributed by atoms with E-state index in [0.717, 1.165) is 24.8 Å². The van der Waals surface area contributed by atoms with E-state index in [1.165, 1.54) is 0 Å². The van der Waals surface area contributed by atoms with Crippen LogP contribution in [0.25, 0.3) is 0 Å². The van der Waals surface area contributed by atoms with E-state index in [1.807, 2.05) is 35.2 Å². The van der Waals surface area contributed by atoms with E-state index < -0.39 is 5.91 Å². The van der Waals surface area contributed by atoms with Gasteiger partial charge in [0.15, 0.2) is 0 Å². The summed E-state index contributed by atoms with van der Waals surface area (Å²) in [6, 6.07) is 9.88. The lowest BCUT2D eigenvalue weighted by Gasteiger charge is -2.39. The Labute approximate surface area is 138 Å². The van der Waals surface area contributed by atoms with Gasteiger partial charge >= 0.3 is 11.8 Å². The SMILES string of the molecule is CC1(C)CC2CC(C)(CN2C(=O)C(=O)NCc2ccccc2)C1. The molecule has 2 atom stereocenters. The van der Waals surface area contributed by atoms with Crippen molar-refractivity contribution in [3.05, 3.63) is 35.9 Å². The molecule has 0 radical (unpaired) electrons. The third kappa shape index (κ3) is 3.41. The van der Waals surface area contributed by atoms with Gasteiger partial charge in [-0.3, -0.25) is 9.59 Å². The Kier molecular flexibility index (Phi) is 3.95. The molecule has 1 saturated heterocycles. The van der Waals surface area contributed by atoms with Crippen molar-refractivity contribution in [2.75, 3.05) is 6.54 Å². The number of amides is 2. The van der Waals surface area contributed by atoms with Gasteiger partial charge in [0.25, 0.3) is 0 Å². The van der Waals surface area contributed by atoms with Gasteiger partial charge in [0, 0.05) is 19.1 Å². The first-order chi connectivity index (χ1) is 10.8. The van der Waals surface area contributed by atoms with Crippen LogP contribution in [0.3, 0.4) is 0 Å². The third-order valence-electron chi connectivity index (χ3n) is 5.17. The molecule has 2 fully saturated rings. The lowest BCUT2D eigenvalue weighted by atomic mass is 9.65. The van der Waals surface area contributed by atoms with E-state index in [2.05, 4.69) is 26.1 Å². The Morgan fingerprint density at radius 2 is 1.87 bits per heavy atom. The zero-order valence-corrected chi connectivity index (χ0v) is 14.3. The Balaban J connectivity index is 1.63. The molecule has 1 aliphatic heterocycles. The number of fused-ring (bicyclic) bond motifs is 2. The monoisotopic (exact) mass is 314 g/mol. The summed E-state index contributed by atoms with van der Waals surface area (Å²) < 4.78 is 0. The van der Waals surface area contributed by atoms with Crippen LogP contribution in [0.1, 0.15) is 45.6 Å². The number of carbonyl (C=O) groups excluding carboxylic acids is 2. The van der Waals surface area contributed by atoms with Gasteiger partial charge in [-0.15, -0.1) is 0 Å². The molecule has 4 nitrogen and oxygen atoms in total. The Morgan fingerprint density at radius 3 is 2.57 bits per heavy atom. The van der Waals surface area contributed by atoms with Crippen molar-refractivity contribution < 1.29 is 9.59 Å². The first-order valence-corrected chi connectivity index (χ1v) is 8.41. The second kappa shape index (κ2) is 5.66. The van der Waals surface area contributed by atoms with Crippen molar-refractivity contribution in [3.8, 4) is 0 Å². The molecular formula is C19H26N2O2. The molecule has 2 aliphatic rings. The fourth-order valence-corrected chi connectivity index (χ4v) is 4.68. The maximum absolute atomic E-state index is 12.6. The standard InChI is InChI=1S/C19H26N2O2/c1-18(2)9-15-10-19(3,12-18)13-21(15)17(23)16(22)20-11-14-7-5-4-6-8-14/h4-8,15H,9-13H2,1-3H3,(H,20,22). The molecule has 124 valence electrons. The largest absolute Gasteiger partial charge is 0.344 e. The van der Waals surface area contributed by atoms with Crippen molar-refractivity contribution in [2.24, 2.45) is 10.8 Å². The molecule has 1 saturated carbocycles. The third-order valence-corrected chi connectivity index (χ3v) is 5.17. The molecule has 1 aromatic carbocycles. The molecule has 3 rings (SSSR count). The number of hydrogen-bond acceptors (Lipinski definition) is 2. The van der Waals surface area contributed by atoms with Crippen molar-refractivity contribution in [3.63, 3.8) is 0 Å². The Bertz CT molecular complexity index is 611. The normalized spacial score (nSPS) is 28.5. The summed E-state index contributed by atoms with van der Waals surface area (Å²) in [5.74, 6) is -0.852. The quantitative estimate of drug-likeness (QED) is 0.853. The van der Waals surface area contributed by atoms with Crippen molar-refractivity contribution in [1.82, 2.24) is 10.2 Å². The molecule has 2 amide bonds. The van der Waals surface area contributed by atoms with E-state index in [0.29, 0.717) is 13.1 Å². The lowest BCUT2D eigenvalue weighted by molar-refractivity contribution is -0.146. The molecule has 23 heavy (non-hydrogen) atoms. The summed E-state index contributed by atoms with van der Waals surface area (Å²) in [4.78, 5) is 26.6. The molecule has 1 aromatic rings. The summed E-state index contributed by atoms with van der Waals surface area (Å²) in [6.07, 6.45) is 3.13. The van der Waals surface area contributed by atoms with Crippen LogP contribution in [-0.2, 0) is 16.1 Å².